The van der Waals surface area contributed by atoms with Gasteiger partial charge in [0.2, 0.25) is 0 Å². The lowest BCUT2D eigenvalue weighted by molar-refractivity contribution is -0.137. The first-order valence-corrected chi connectivity index (χ1v) is 5.34. The number of aryl methyl sites for hydroxylation is 1. The zero-order chi connectivity index (χ0) is 14.2. The highest BCUT2D eigenvalue weighted by Gasteiger charge is 2.34. The molecule has 0 aliphatic heterocycles. The molecule has 0 saturated heterocycles. The Kier molecular flexibility index (Phi) is 3.30. The number of benzene rings is 2. The molecule has 0 unspecified atom stereocenters. The van der Waals surface area contributed by atoms with Crippen molar-refractivity contribution in [2.45, 2.75) is 13.1 Å². The summed E-state index contributed by atoms with van der Waals surface area (Å²) < 4.78 is 65.2. The first kappa shape index (κ1) is 13.5. The van der Waals surface area contributed by atoms with Crippen LogP contribution in [-0.4, -0.2) is 0 Å². The highest BCUT2D eigenvalue weighted by atomic mass is 19.4. The molecule has 0 aliphatic carbocycles. The topological polar surface area (TPSA) is 0 Å². The summed E-state index contributed by atoms with van der Waals surface area (Å²) in [7, 11) is 0. The highest BCUT2D eigenvalue weighted by molar-refractivity contribution is 5.72. The van der Waals surface area contributed by atoms with Crippen LogP contribution in [0.4, 0.5) is 22.0 Å². The first-order chi connectivity index (χ1) is 8.80. The number of hydrogen-bond donors (Lipinski definition) is 0. The van der Waals surface area contributed by atoms with E-state index in [4.69, 9.17) is 0 Å². The monoisotopic (exact) mass is 271 g/mol. The maximum absolute atomic E-state index is 13.7. The van der Waals surface area contributed by atoms with Crippen molar-refractivity contribution in [1.82, 2.24) is 0 Å². The second-order valence-electron chi connectivity index (χ2n) is 4.05. The normalized spacial score (nSPS) is 11.7. The van der Waals surface area contributed by atoms with Gasteiger partial charge >= 0.3 is 6.18 Å². The van der Waals surface area contributed by atoms with Gasteiger partial charge in [-0.15, -0.1) is 0 Å². The van der Waals surface area contributed by atoms with E-state index in [-0.39, 0.29) is 16.7 Å². The van der Waals surface area contributed by atoms with Gasteiger partial charge in [-0.2, -0.15) is 13.2 Å². The molecule has 19 heavy (non-hydrogen) atoms. The van der Waals surface area contributed by atoms with E-state index in [0.29, 0.717) is 6.07 Å². The molecule has 0 heterocycles. The van der Waals surface area contributed by atoms with Gasteiger partial charge in [0.15, 0.2) is 0 Å². The summed E-state index contributed by atoms with van der Waals surface area (Å²) in [5, 5.41) is 0. The van der Waals surface area contributed by atoms with Crippen molar-refractivity contribution in [1.29, 1.82) is 0 Å². The maximum Gasteiger partial charge on any atom is 0.417 e. The number of hydrogen-bond acceptors (Lipinski definition) is 0. The fourth-order valence-corrected chi connectivity index (χ4v) is 1.88. The molecule has 5 heteroatoms. The van der Waals surface area contributed by atoms with Crippen LogP contribution in [0.2, 0.25) is 0 Å². The molecule has 0 N–H and O–H groups in total. The molecule has 0 spiro atoms. The van der Waals surface area contributed by atoms with Crippen molar-refractivity contribution in [3.63, 3.8) is 0 Å². The summed E-state index contributed by atoms with van der Waals surface area (Å²) >= 11 is 0. The van der Waals surface area contributed by atoms with Gasteiger partial charge in [-0.05, 0) is 42.3 Å². The third kappa shape index (κ3) is 2.59. The zero-order valence-electron chi connectivity index (χ0n) is 9.78. The smallest absolute Gasteiger partial charge is 0.207 e. The Morgan fingerprint density at radius 3 is 2.32 bits per heavy atom. The Labute approximate surface area is 106 Å². The van der Waals surface area contributed by atoms with Crippen LogP contribution >= 0.6 is 0 Å². The van der Waals surface area contributed by atoms with Gasteiger partial charge in [0, 0.05) is 11.6 Å². The lowest BCUT2D eigenvalue weighted by atomic mass is 9.94. The Morgan fingerprint density at radius 2 is 1.74 bits per heavy atom. The Balaban J connectivity index is 2.74. The average molecular weight is 271 g/mol. The fourth-order valence-electron chi connectivity index (χ4n) is 1.88. The van der Waals surface area contributed by atoms with Crippen LogP contribution < -0.4 is 0 Å². The Hall–Kier alpha value is -1.91. The first-order valence-electron chi connectivity index (χ1n) is 5.34. The molecule has 0 atom stereocenters. The van der Waals surface area contributed by atoms with Crippen LogP contribution in [0.15, 0.2) is 30.3 Å². The van der Waals surface area contributed by atoms with Gasteiger partial charge < -0.3 is 0 Å². The molecule has 2 aromatic carbocycles. The molecule has 2 rings (SSSR count). The highest BCUT2D eigenvalue weighted by Crippen LogP contribution is 2.39. The standard InChI is InChI=1S/C14H8F5/c1-8-3-2-4-11(14(17,18)19)13(8)10-6-5-9(15)7-12(10)16/h3-7H,1H3. The summed E-state index contributed by atoms with van der Waals surface area (Å²) in [6, 6.07) is 6.93. The van der Waals surface area contributed by atoms with Gasteiger partial charge in [-0.3, -0.25) is 0 Å². The van der Waals surface area contributed by atoms with Crippen molar-refractivity contribution >= 4 is 0 Å². The van der Waals surface area contributed by atoms with Crippen molar-refractivity contribution in [2.24, 2.45) is 0 Å². The van der Waals surface area contributed by atoms with Crippen LogP contribution in [0, 0.1) is 24.6 Å². The molecule has 0 fully saturated rings. The minimum Gasteiger partial charge on any atom is -0.207 e. The van der Waals surface area contributed by atoms with Crippen LogP contribution in [-0.2, 0) is 6.18 Å². The quantitative estimate of drug-likeness (QED) is 0.656. The fraction of sp³-hybridized carbons (Fsp3) is 0.143. The SMILES string of the molecule is Cc1c[c]cc(C(F)(F)F)c1-c1ccc(F)cc1F. The molecule has 0 saturated carbocycles. The van der Waals surface area contributed by atoms with E-state index in [1.54, 1.807) is 0 Å². The Bertz CT molecular complexity index is 614. The molecule has 0 aromatic heterocycles. The van der Waals surface area contributed by atoms with Crippen molar-refractivity contribution in [3.05, 3.63) is 59.2 Å². The summed E-state index contributed by atoms with van der Waals surface area (Å²) in [4.78, 5) is 0. The summed E-state index contributed by atoms with van der Waals surface area (Å²) in [6.07, 6.45) is -4.63. The molecular weight excluding hydrogens is 263 g/mol. The molecular formula is C14H8F5. The number of rotatable bonds is 1. The molecule has 0 nitrogen and oxygen atoms in total. The zero-order valence-corrected chi connectivity index (χ0v) is 9.78. The van der Waals surface area contributed by atoms with Gasteiger partial charge in [0.1, 0.15) is 11.6 Å². The molecule has 0 bridgehead atoms. The van der Waals surface area contributed by atoms with Crippen LogP contribution in [0.1, 0.15) is 11.1 Å². The van der Waals surface area contributed by atoms with E-state index in [1.807, 2.05) is 0 Å². The second-order valence-corrected chi connectivity index (χ2v) is 4.05. The van der Waals surface area contributed by atoms with E-state index in [9.17, 15) is 22.0 Å². The predicted octanol–water partition coefficient (Wildman–Crippen LogP) is 4.76. The van der Waals surface area contributed by atoms with E-state index in [2.05, 4.69) is 6.07 Å². The van der Waals surface area contributed by atoms with E-state index in [0.717, 1.165) is 18.2 Å². The van der Waals surface area contributed by atoms with Crippen molar-refractivity contribution in [2.75, 3.05) is 0 Å². The number of halogens is 5. The molecule has 0 amide bonds. The van der Waals surface area contributed by atoms with Gasteiger partial charge in [-0.25, -0.2) is 8.78 Å². The van der Waals surface area contributed by atoms with E-state index in [1.165, 1.54) is 13.0 Å². The van der Waals surface area contributed by atoms with Crippen molar-refractivity contribution in [3.8, 4) is 11.1 Å². The predicted molar refractivity (Wildman–Crippen MR) is 60.4 cm³/mol. The van der Waals surface area contributed by atoms with E-state index < -0.39 is 23.4 Å². The summed E-state index contributed by atoms with van der Waals surface area (Å²) in [5.41, 5.74) is -1.33. The van der Waals surface area contributed by atoms with Crippen LogP contribution in [0.3, 0.4) is 0 Å². The number of alkyl halides is 3. The Morgan fingerprint density at radius 1 is 1.05 bits per heavy atom. The minimum absolute atomic E-state index is 0.223. The van der Waals surface area contributed by atoms with Crippen LogP contribution in [0.5, 0.6) is 0 Å². The third-order valence-electron chi connectivity index (χ3n) is 2.70. The lowest BCUT2D eigenvalue weighted by Crippen LogP contribution is -2.08. The summed E-state index contributed by atoms with van der Waals surface area (Å²) in [5.74, 6) is -1.87. The van der Waals surface area contributed by atoms with Gasteiger partial charge in [-0.1, -0.05) is 6.07 Å². The van der Waals surface area contributed by atoms with Gasteiger partial charge in [0.25, 0.3) is 0 Å². The minimum atomic E-state index is -4.63. The molecule has 1 radical (unpaired) electrons. The van der Waals surface area contributed by atoms with Crippen molar-refractivity contribution < 1.29 is 22.0 Å². The van der Waals surface area contributed by atoms with E-state index >= 15 is 0 Å². The molecule has 99 valence electrons. The second kappa shape index (κ2) is 4.64. The average Bonchev–Trinajstić information content (AvgIpc) is 2.28. The maximum atomic E-state index is 13.7. The van der Waals surface area contributed by atoms with Gasteiger partial charge in [0.05, 0.1) is 5.56 Å². The lowest BCUT2D eigenvalue weighted by Gasteiger charge is -2.15. The summed E-state index contributed by atoms with van der Waals surface area (Å²) in [6.45, 7) is 1.42. The van der Waals surface area contributed by atoms with Crippen LogP contribution in [0.25, 0.3) is 11.1 Å². The largest absolute Gasteiger partial charge is 0.417 e. The molecule has 2 aromatic rings. The third-order valence-corrected chi connectivity index (χ3v) is 2.70. The molecule has 0 aliphatic rings.